The maximum atomic E-state index is 14.3. The number of nitrogens with zero attached hydrogens (tertiary/aromatic N) is 1. The van der Waals surface area contributed by atoms with Gasteiger partial charge in [-0.25, -0.2) is 4.39 Å². The summed E-state index contributed by atoms with van der Waals surface area (Å²) >= 11 is 0. The summed E-state index contributed by atoms with van der Waals surface area (Å²) in [5, 5.41) is 3.11. The lowest BCUT2D eigenvalue weighted by atomic mass is 10.1. The largest absolute Gasteiger partial charge is 0.383 e. The van der Waals surface area contributed by atoms with Crippen molar-refractivity contribution in [3.63, 3.8) is 0 Å². The molecule has 1 aromatic carbocycles. The fourth-order valence-corrected chi connectivity index (χ4v) is 1.97. The minimum atomic E-state index is -0.211. The van der Waals surface area contributed by atoms with Gasteiger partial charge in [0.05, 0.1) is 18.9 Å². The van der Waals surface area contributed by atoms with Crippen LogP contribution in [-0.4, -0.2) is 47.6 Å². The lowest BCUT2D eigenvalue weighted by Crippen LogP contribution is -2.31. The number of benzene rings is 1. The summed E-state index contributed by atoms with van der Waals surface area (Å²) in [5.74, 6) is -0.211. The van der Waals surface area contributed by atoms with Crippen molar-refractivity contribution < 1.29 is 13.9 Å². The van der Waals surface area contributed by atoms with E-state index in [4.69, 9.17) is 9.47 Å². The number of rotatable bonds is 9. The summed E-state index contributed by atoms with van der Waals surface area (Å²) in [7, 11) is 5.14. The van der Waals surface area contributed by atoms with Crippen LogP contribution in [-0.2, 0) is 9.47 Å². The maximum absolute atomic E-state index is 14.3. The van der Waals surface area contributed by atoms with Crippen LogP contribution in [0.15, 0.2) is 18.2 Å². The second kappa shape index (κ2) is 8.89. The van der Waals surface area contributed by atoms with Gasteiger partial charge in [-0.2, -0.15) is 0 Å². The van der Waals surface area contributed by atoms with Gasteiger partial charge in [-0.15, -0.1) is 0 Å². The van der Waals surface area contributed by atoms with Crippen molar-refractivity contribution in [2.24, 2.45) is 0 Å². The summed E-state index contributed by atoms with van der Waals surface area (Å²) in [5.41, 5.74) is 1.53. The number of methoxy groups -OCH3 is 2. The molecule has 1 unspecified atom stereocenters. The van der Waals surface area contributed by atoms with Crippen LogP contribution in [0.25, 0.3) is 0 Å². The SMILES string of the molecule is CNC(C)c1ccc(N(CCOC)CCOC)c(F)c1. The number of hydrogen-bond donors (Lipinski definition) is 1. The Bertz CT molecular complexity index is 393. The van der Waals surface area contributed by atoms with Crippen LogP contribution in [0.4, 0.5) is 10.1 Å². The molecule has 1 N–H and O–H groups in total. The summed E-state index contributed by atoms with van der Waals surface area (Å²) in [6, 6.07) is 5.49. The second-order valence-corrected chi connectivity index (χ2v) is 4.69. The van der Waals surface area contributed by atoms with Crippen molar-refractivity contribution in [2.75, 3.05) is 52.5 Å². The zero-order valence-electron chi connectivity index (χ0n) is 12.8. The van der Waals surface area contributed by atoms with Crippen molar-refractivity contribution in [3.8, 4) is 0 Å². The van der Waals surface area contributed by atoms with Crippen molar-refractivity contribution >= 4 is 5.69 Å². The molecule has 1 atom stereocenters. The lowest BCUT2D eigenvalue weighted by molar-refractivity contribution is 0.190. The Hall–Kier alpha value is -1.17. The first-order valence-electron chi connectivity index (χ1n) is 6.83. The van der Waals surface area contributed by atoms with Gasteiger partial charge in [0.25, 0.3) is 0 Å². The summed E-state index contributed by atoms with van der Waals surface area (Å²) in [6.07, 6.45) is 0. The second-order valence-electron chi connectivity index (χ2n) is 4.69. The van der Waals surface area contributed by atoms with E-state index >= 15 is 0 Å². The van der Waals surface area contributed by atoms with E-state index in [2.05, 4.69) is 5.32 Å². The Morgan fingerprint density at radius 1 is 1.20 bits per heavy atom. The predicted octanol–water partition coefficient (Wildman–Crippen LogP) is 2.21. The van der Waals surface area contributed by atoms with Crippen molar-refractivity contribution in [1.82, 2.24) is 5.32 Å². The molecule has 0 fully saturated rings. The third kappa shape index (κ3) is 4.74. The minimum Gasteiger partial charge on any atom is -0.383 e. The molecular weight excluding hydrogens is 259 g/mol. The van der Waals surface area contributed by atoms with Crippen LogP contribution in [0.5, 0.6) is 0 Å². The molecular formula is C15H25FN2O2. The molecule has 5 heteroatoms. The average molecular weight is 284 g/mol. The van der Waals surface area contributed by atoms with Crippen molar-refractivity contribution in [2.45, 2.75) is 13.0 Å². The Balaban J connectivity index is 2.89. The van der Waals surface area contributed by atoms with Crippen LogP contribution in [0.2, 0.25) is 0 Å². The molecule has 0 bridgehead atoms. The number of nitrogens with one attached hydrogen (secondary N) is 1. The van der Waals surface area contributed by atoms with E-state index in [1.807, 2.05) is 31.0 Å². The first-order chi connectivity index (χ1) is 9.63. The topological polar surface area (TPSA) is 33.7 Å². The standard InChI is InChI=1S/C15H25FN2O2/c1-12(17-2)13-5-6-15(14(16)11-13)18(7-9-19-3)8-10-20-4/h5-6,11-12,17H,7-10H2,1-4H3. The van der Waals surface area contributed by atoms with Gasteiger partial charge >= 0.3 is 0 Å². The van der Waals surface area contributed by atoms with Gasteiger partial charge in [-0.1, -0.05) is 6.07 Å². The molecule has 0 saturated heterocycles. The van der Waals surface area contributed by atoms with Gasteiger partial charge in [0.2, 0.25) is 0 Å². The first kappa shape index (κ1) is 16.9. The molecule has 0 heterocycles. The smallest absolute Gasteiger partial charge is 0.146 e. The van der Waals surface area contributed by atoms with E-state index in [1.54, 1.807) is 20.3 Å². The minimum absolute atomic E-state index is 0.130. The molecule has 4 nitrogen and oxygen atoms in total. The van der Waals surface area contributed by atoms with Crippen LogP contribution in [0.1, 0.15) is 18.5 Å². The fourth-order valence-electron chi connectivity index (χ4n) is 1.97. The highest BCUT2D eigenvalue weighted by Gasteiger charge is 2.13. The van der Waals surface area contributed by atoms with Crippen LogP contribution in [0.3, 0.4) is 0 Å². The van der Waals surface area contributed by atoms with E-state index in [0.717, 1.165) is 5.56 Å². The molecule has 1 aromatic rings. The quantitative estimate of drug-likeness (QED) is 0.754. The maximum Gasteiger partial charge on any atom is 0.146 e. The van der Waals surface area contributed by atoms with Crippen molar-refractivity contribution in [1.29, 1.82) is 0 Å². The van der Waals surface area contributed by atoms with Crippen LogP contribution >= 0.6 is 0 Å². The van der Waals surface area contributed by atoms with E-state index in [0.29, 0.717) is 32.0 Å². The molecule has 20 heavy (non-hydrogen) atoms. The molecule has 0 amide bonds. The molecule has 0 aliphatic carbocycles. The molecule has 0 aliphatic rings. The Kier molecular flexibility index (Phi) is 7.51. The van der Waals surface area contributed by atoms with Gasteiger partial charge in [0.15, 0.2) is 0 Å². The molecule has 0 aliphatic heterocycles. The highest BCUT2D eigenvalue weighted by molar-refractivity contribution is 5.49. The summed E-state index contributed by atoms with van der Waals surface area (Å²) in [4.78, 5) is 1.94. The fraction of sp³-hybridized carbons (Fsp3) is 0.600. The van der Waals surface area contributed by atoms with Crippen molar-refractivity contribution in [3.05, 3.63) is 29.6 Å². The monoisotopic (exact) mass is 284 g/mol. The van der Waals surface area contributed by atoms with E-state index in [-0.39, 0.29) is 11.9 Å². The van der Waals surface area contributed by atoms with Gasteiger partial charge in [0, 0.05) is 33.4 Å². The third-order valence-corrected chi connectivity index (χ3v) is 3.38. The molecule has 1 rings (SSSR count). The number of ether oxygens (including phenoxy) is 2. The number of hydrogen-bond acceptors (Lipinski definition) is 4. The normalized spacial score (nSPS) is 12.4. The highest BCUT2D eigenvalue weighted by atomic mass is 19.1. The molecule has 0 saturated carbocycles. The predicted molar refractivity (Wildman–Crippen MR) is 79.8 cm³/mol. The molecule has 0 spiro atoms. The molecule has 0 radical (unpaired) electrons. The highest BCUT2D eigenvalue weighted by Crippen LogP contribution is 2.23. The molecule has 0 aromatic heterocycles. The summed E-state index contributed by atoms with van der Waals surface area (Å²) in [6.45, 7) is 4.38. The Labute approximate surface area is 120 Å². The first-order valence-corrected chi connectivity index (χ1v) is 6.83. The Morgan fingerprint density at radius 2 is 1.80 bits per heavy atom. The van der Waals surface area contributed by atoms with Gasteiger partial charge in [-0.05, 0) is 31.7 Å². The Morgan fingerprint density at radius 3 is 2.25 bits per heavy atom. The van der Waals surface area contributed by atoms with E-state index in [1.165, 1.54) is 0 Å². The third-order valence-electron chi connectivity index (χ3n) is 3.38. The van der Waals surface area contributed by atoms with Gasteiger partial charge in [0.1, 0.15) is 5.82 Å². The molecule has 114 valence electrons. The average Bonchev–Trinajstić information content (AvgIpc) is 2.47. The zero-order chi connectivity index (χ0) is 15.0. The number of halogens is 1. The lowest BCUT2D eigenvalue weighted by Gasteiger charge is -2.25. The summed E-state index contributed by atoms with van der Waals surface area (Å²) < 4.78 is 24.5. The zero-order valence-corrected chi connectivity index (χ0v) is 12.8. The van der Waals surface area contributed by atoms with E-state index < -0.39 is 0 Å². The number of anilines is 1. The van der Waals surface area contributed by atoms with Crippen LogP contribution in [0, 0.1) is 5.82 Å². The van der Waals surface area contributed by atoms with Gasteiger partial charge < -0.3 is 19.7 Å². The van der Waals surface area contributed by atoms with E-state index in [9.17, 15) is 4.39 Å². The van der Waals surface area contributed by atoms with Gasteiger partial charge in [-0.3, -0.25) is 0 Å². The van der Waals surface area contributed by atoms with Crippen LogP contribution < -0.4 is 10.2 Å².